The maximum atomic E-state index is 4.52. The van der Waals surface area contributed by atoms with E-state index < -0.39 is 0 Å². The van der Waals surface area contributed by atoms with Crippen molar-refractivity contribution < 1.29 is 0 Å². The van der Waals surface area contributed by atoms with E-state index in [-0.39, 0.29) is 0 Å². The van der Waals surface area contributed by atoms with Gasteiger partial charge in [-0.25, -0.2) is 14.5 Å². The third-order valence-corrected chi connectivity index (χ3v) is 3.01. The van der Waals surface area contributed by atoms with Crippen molar-refractivity contribution in [2.45, 2.75) is 0 Å². The lowest BCUT2D eigenvalue weighted by Gasteiger charge is -1.93. The molecule has 0 radical (unpaired) electrons. The molecule has 4 aromatic rings. The lowest BCUT2D eigenvalue weighted by atomic mass is 10.4. The van der Waals surface area contributed by atoms with Gasteiger partial charge in [-0.05, 0) is 6.07 Å². The Balaban J connectivity index is 2.03. The van der Waals surface area contributed by atoms with Gasteiger partial charge in [-0.3, -0.25) is 9.36 Å². The summed E-state index contributed by atoms with van der Waals surface area (Å²) >= 11 is 0. The third-order valence-electron chi connectivity index (χ3n) is 3.01. The fraction of sp³-hybridized carbons (Fsp3) is 0.182. The van der Waals surface area contributed by atoms with Gasteiger partial charge in [0.2, 0.25) is 5.82 Å². The SMILES string of the molecule is Cn1ccc(-c2nc3c4cnn(C)c4ncn3n2)n1. The maximum Gasteiger partial charge on any atom is 0.202 e. The van der Waals surface area contributed by atoms with Gasteiger partial charge in [0.05, 0.1) is 11.6 Å². The first-order valence-electron chi connectivity index (χ1n) is 5.75. The van der Waals surface area contributed by atoms with Gasteiger partial charge >= 0.3 is 0 Å². The van der Waals surface area contributed by atoms with Crippen LogP contribution in [0.3, 0.4) is 0 Å². The molecule has 0 spiro atoms. The van der Waals surface area contributed by atoms with Crippen LogP contribution >= 0.6 is 0 Å². The van der Waals surface area contributed by atoms with Gasteiger partial charge in [-0.2, -0.15) is 10.2 Å². The minimum absolute atomic E-state index is 0.582. The number of fused-ring (bicyclic) bond motifs is 3. The molecule has 4 rings (SSSR count). The molecule has 0 fully saturated rings. The van der Waals surface area contributed by atoms with E-state index in [1.54, 1.807) is 26.4 Å². The molecule has 0 aliphatic rings. The van der Waals surface area contributed by atoms with Crippen LogP contribution in [-0.4, -0.2) is 39.1 Å². The number of aromatic nitrogens is 8. The molecule has 0 amide bonds. The summed E-state index contributed by atoms with van der Waals surface area (Å²) in [5.41, 5.74) is 2.26. The molecule has 4 aromatic heterocycles. The second kappa shape index (κ2) is 3.37. The highest BCUT2D eigenvalue weighted by molar-refractivity contribution is 5.88. The first kappa shape index (κ1) is 10.2. The summed E-state index contributed by atoms with van der Waals surface area (Å²) < 4.78 is 5.08. The molecule has 94 valence electrons. The van der Waals surface area contributed by atoms with E-state index in [9.17, 15) is 0 Å². The molecule has 0 aromatic carbocycles. The molecule has 0 N–H and O–H groups in total. The minimum Gasteiger partial charge on any atom is -0.275 e. The molecular weight excluding hydrogens is 244 g/mol. The van der Waals surface area contributed by atoms with E-state index in [1.165, 1.54) is 0 Å². The number of rotatable bonds is 1. The molecule has 8 heteroatoms. The van der Waals surface area contributed by atoms with Crippen molar-refractivity contribution in [3.63, 3.8) is 0 Å². The summed E-state index contributed by atoms with van der Waals surface area (Å²) in [6.07, 6.45) is 5.24. The molecule has 0 aliphatic carbocycles. The quantitative estimate of drug-likeness (QED) is 0.491. The van der Waals surface area contributed by atoms with Crippen LogP contribution in [0.5, 0.6) is 0 Å². The normalized spacial score (nSPS) is 11.7. The predicted molar refractivity (Wildman–Crippen MR) is 67.3 cm³/mol. The van der Waals surface area contributed by atoms with Gasteiger partial charge in [-0.15, -0.1) is 5.10 Å². The Bertz CT molecular complexity index is 896. The van der Waals surface area contributed by atoms with Crippen molar-refractivity contribution >= 4 is 16.7 Å². The van der Waals surface area contributed by atoms with Crippen molar-refractivity contribution in [3.8, 4) is 11.5 Å². The van der Waals surface area contributed by atoms with Crippen molar-refractivity contribution in [2.75, 3.05) is 0 Å². The van der Waals surface area contributed by atoms with Crippen molar-refractivity contribution in [3.05, 3.63) is 24.8 Å². The number of hydrogen-bond donors (Lipinski definition) is 0. The highest BCUT2D eigenvalue weighted by atomic mass is 15.4. The molecule has 8 nitrogen and oxygen atoms in total. The van der Waals surface area contributed by atoms with E-state index in [0.29, 0.717) is 5.82 Å². The average molecular weight is 254 g/mol. The van der Waals surface area contributed by atoms with E-state index in [2.05, 4.69) is 25.3 Å². The lowest BCUT2D eigenvalue weighted by molar-refractivity contribution is 0.768. The second-order valence-electron chi connectivity index (χ2n) is 4.33. The summed E-state index contributed by atoms with van der Waals surface area (Å²) in [7, 11) is 3.71. The molecular formula is C11H10N8. The molecule has 0 aliphatic heterocycles. The zero-order chi connectivity index (χ0) is 13.0. The topological polar surface area (TPSA) is 78.7 Å². The molecule has 0 bridgehead atoms. The number of hydrogen-bond acceptors (Lipinski definition) is 5. The summed E-state index contributed by atoms with van der Waals surface area (Å²) in [4.78, 5) is 8.84. The second-order valence-corrected chi connectivity index (χ2v) is 4.33. The van der Waals surface area contributed by atoms with Crippen molar-refractivity contribution in [2.24, 2.45) is 14.1 Å². The van der Waals surface area contributed by atoms with Crippen LogP contribution in [0.2, 0.25) is 0 Å². The Morgan fingerprint density at radius 2 is 2.00 bits per heavy atom. The summed E-state index contributed by atoms with van der Waals surface area (Å²) in [5, 5.41) is 13.7. The first-order valence-corrected chi connectivity index (χ1v) is 5.75. The summed E-state index contributed by atoms with van der Waals surface area (Å²) in [6.45, 7) is 0. The van der Waals surface area contributed by atoms with Crippen molar-refractivity contribution in [1.29, 1.82) is 0 Å². The van der Waals surface area contributed by atoms with Gasteiger partial charge in [0.15, 0.2) is 11.3 Å². The van der Waals surface area contributed by atoms with Gasteiger partial charge in [0.1, 0.15) is 12.0 Å². The first-order chi connectivity index (χ1) is 9.22. The molecule has 19 heavy (non-hydrogen) atoms. The molecule has 0 unspecified atom stereocenters. The Labute approximate surface area is 107 Å². The van der Waals surface area contributed by atoms with Gasteiger partial charge in [0, 0.05) is 20.3 Å². The molecule has 4 heterocycles. The molecule has 0 saturated carbocycles. The van der Waals surface area contributed by atoms with Gasteiger partial charge in [0.25, 0.3) is 0 Å². The Kier molecular flexibility index (Phi) is 1.81. The molecule has 0 saturated heterocycles. The van der Waals surface area contributed by atoms with E-state index >= 15 is 0 Å². The van der Waals surface area contributed by atoms with E-state index in [0.717, 1.165) is 22.4 Å². The van der Waals surface area contributed by atoms with Crippen LogP contribution in [0.15, 0.2) is 24.8 Å². The smallest absolute Gasteiger partial charge is 0.202 e. The van der Waals surface area contributed by atoms with Crippen LogP contribution in [0.1, 0.15) is 0 Å². The fourth-order valence-electron chi connectivity index (χ4n) is 2.08. The van der Waals surface area contributed by atoms with E-state index in [1.807, 2.05) is 26.4 Å². The summed E-state index contributed by atoms with van der Waals surface area (Å²) in [5.74, 6) is 0.582. The van der Waals surface area contributed by atoms with Crippen LogP contribution in [0, 0.1) is 0 Å². The largest absolute Gasteiger partial charge is 0.275 e. The van der Waals surface area contributed by atoms with Gasteiger partial charge in [-0.1, -0.05) is 0 Å². The highest BCUT2D eigenvalue weighted by Crippen LogP contribution is 2.18. The van der Waals surface area contributed by atoms with Crippen LogP contribution in [0.25, 0.3) is 28.2 Å². The highest BCUT2D eigenvalue weighted by Gasteiger charge is 2.13. The monoisotopic (exact) mass is 254 g/mol. The van der Waals surface area contributed by atoms with E-state index in [4.69, 9.17) is 0 Å². The van der Waals surface area contributed by atoms with Crippen LogP contribution in [0.4, 0.5) is 0 Å². The zero-order valence-corrected chi connectivity index (χ0v) is 10.4. The number of nitrogens with zero attached hydrogens (tertiary/aromatic N) is 8. The Hall–Kier alpha value is -2.77. The Morgan fingerprint density at radius 3 is 2.79 bits per heavy atom. The fourth-order valence-corrected chi connectivity index (χ4v) is 2.08. The average Bonchev–Trinajstić information content (AvgIpc) is 3.06. The van der Waals surface area contributed by atoms with Crippen LogP contribution < -0.4 is 0 Å². The third kappa shape index (κ3) is 1.36. The number of aryl methyl sites for hydroxylation is 2. The minimum atomic E-state index is 0.582. The lowest BCUT2D eigenvalue weighted by Crippen LogP contribution is -1.95. The summed E-state index contributed by atoms with van der Waals surface area (Å²) in [6, 6.07) is 1.88. The standard InChI is InChI=1S/C11H10N8/c1-17-4-3-8(15-17)9-14-11-7-5-13-18(2)10(7)12-6-19(11)16-9/h3-6H,1-2H3. The van der Waals surface area contributed by atoms with Crippen molar-refractivity contribution in [1.82, 2.24) is 39.1 Å². The predicted octanol–water partition coefficient (Wildman–Crippen LogP) is 0.411. The zero-order valence-electron chi connectivity index (χ0n) is 10.4. The molecule has 0 atom stereocenters. The van der Waals surface area contributed by atoms with Crippen LogP contribution in [-0.2, 0) is 14.1 Å². The maximum absolute atomic E-state index is 4.52. The Morgan fingerprint density at radius 1 is 1.11 bits per heavy atom. The van der Waals surface area contributed by atoms with Gasteiger partial charge < -0.3 is 0 Å².